The van der Waals surface area contributed by atoms with Crippen LogP contribution in [0.5, 0.6) is 0 Å². The van der Waals surface area contributed by atoms with E-state index in [1.807, 2.05) is 48.2 Å². The molecule has 0 bridgehead atoms. The van der Waals surface area contributed by atoms with Crippen LogP contribution >= 0.6 is 12.4 Å². The van der Waals surface area contributed by atoms with E-state index in [0.717, 1.165) is 68.1 Å². The molecule has 0 radical (unpaired) electrons. The predicted molar refractivity (Wildman–Crippen MR) is 110 cm³/mol. The maximum absolute atomic E-state index is 13.2. The van der Waals surface area contributed by atoms with Crippen LogP contribution in [0.15, 0.2) is 42.6 Å². The Labute approximate surface area is 167 Å². The first-order valence-electron chi connectivity index (χ1n) is 9.49. The van der Waals surface area contributed by atoms with Crippen molar-refractivity contribution in [2.45, 2.75) is 19.4 Å². The number of rotatable bonds is 3. The monoisotopic (exact) mass is 386 g/mol. The lowest BCUT2D eigenvalue weighted by atomic mass is 9.99. The summed E-state index contributed by atoms with van der Waals surface area (Å²) in [5.41, 5.74) is 3.77. The molecule has 1 atom stereocenters. The number of hydrogen-bond acceptors (Lipinski definition) is 4. The van der Waals surface area contributed by atoms with Gasteiger partial charge in [-0.25, -0.2) is 0 Å². The molecule has 1 unspecified atom stereocenters. The number of likely N-dealkylation sites (tertiary alicyclic amines) is 1. The van der Waals surface area contributed by atoms with Crippen LogP contribution in [0, 0.1) is 6.92 Å². The summed E-state index contributed by atoms with van der Waals surface area (Å²) in [5, 5.41) is 3.40. The van der Waals surface area contributed by atoms with Crippen LogP contribution in [-0.2, 0) is 0 Å². The van der Waals surface area contributed by atoms with Gasteiger partial charge in [0.15, 0.2) is 0 Å². The van der Waals surface area contributed by atoms with Crippen molar-refractivity contribution in [3.63, 3.8) is 0 Å². The Bertz CT molecular complexity index is 777. The molecule has 2 aliphatic rings. The van der Waals surface area contributed by atoms with Crippen LogP contribution in [-0.4, -0.2) is 66.0 Å². The Kier molecular flexibility index (Phi) is 6.47. The number of nitrogens with zero attached hydrogens (tertiary/aromatic N) is 3. The smallest absolute Gasteiger partial charge is 0.254 e. The molecule has 3 heterocycles. The zero-order valence-electron chi connectivity index (χ0n) is 15.7. The molecule has 0 spiro atoms. The van der Waals surface area contributed by atoms with Crippen LogP contribution in [0.1, 0.15) is 22.3 Å². The van der Waals surface area contributed by atoms with Crippen molar-refractivity contribution in [2.75, 3.05) is 39.3 Å². The second-order valence-electron chi connectivity index (χ2n) is 7.17. The summed E-state index contributed by atoms with van der Waals surface area (Å²) in [4.78, 5) is 22.2. The molecule has 1 aromatic carbocycles. The standard InChI is InChI=1S/C21H26N4O.ClH/c1-16-18(20-7-2-3-9-23-20)5-4-6-19(16)21(26)25-12-8-17(15-25)24-13-10-22-11-14-24;/h2-7,9,17,22H,8,10-15H2,1H3;1H. The second kappa shape index (κ2) is 8.83. The third kappa shape index (κ3) is 4.15. The first-order valence-corrected chi connectivity index (χ1v) is 9.49. The fourth-order valence-corrected chi connectivity index (χ4v) is 4.11. The second-order valence-corrected chi connectivity index (χ2v) is 7.17. The number of hydrogen-bond donors (Lipinski definition) is 1. The van der Waals surface area contributed by atoms with Crippen molar-refractivity contribution in [1.29, 1.82) is 0 Å². The van der Waals surface area contributed by atoms with Gasteiger partial charge in [-0.2, -0.15) is 0 Å². The first kappa shape index (κ1) is 19.8. The minimum Gasteiger partial charge on any atom is -0.337 e. The highest BCUT2D eigenvalue weighted by Crippen LogP contribution is 2.26. The molecule has 0 saturated carbocycles. The summed E-state index contributed by atoms with van der Waals surface area (Å²) >= 11 is 0. The summed E-state index contributed by atoms with van der Waals surface area (Å²) < 4.78 is 0. The highest BCUT2D eigenvalue weighted by Gasteiger charge is 2.32. The minimum atomic E-state index is 0. The highest BCUT2D eigenvalue weighted by molar-refractivity contribution is 5.97. The van der Waals surface area contributed by atoms with Crippen molar-refractivity contribution in [3.8, 4) is 11.3 Å². The van der Waals surface area contributed by atoms with Crippen LogP contribution < -0.4 is 5.32 Å². The first-order chi connectivity index (χ1) is 12.7. The SMILES string of the molecule is Cc1c(C(=O)N2CCC(N3CCNCC3)C2)cccc1-c1ccccn1.Cl. The van der Waals surface area contributed by atoms with E-state index < -0.39 is 0 Å². The molecule has 2 aromatic rings. The lowest BCUT2D eigenvalue weighted by Gasteiger charge is -2.32. The molecular formula is C21H27ClN4O. The molecule has 2 fully saturated rings. The van der Waals surface area contributed by atoms with Gasteiger partial charge in [-0.05, 0) is 37.1 Å². The fraction of sp³-hybridized carbons (Fsp3) is 0.429. The lowest BCUT2D eigenvalue weighted by molar-refractivity contribution is 0.0773. The van der Waals surface area contributed by atoms with Gasteiger partial charge in [-0.15, -0.1) is 12.4 Å². The minimum absolute atomic E-state index is 0. The summed E-state index contributed by atoms with van der Waals surface area (Å²) in [7, 11) is 0. The number of carbonyl (C=O) groups excluding carboxylic acids is 1. The zero-order valence-corrected chi connectivity index (χ0v) is 16.5. The number of pyridine rings is 1. The van der Waals surface area contributed by atoms with Gasteiger partial charge in [0, 0.05) is 62.6 Å². The van der Waals surface area contributed by atoms with Gasteiger partial charge in [-0.1, -0.05) is 18.2 Å². The molecule has 1 amide bonds. The molecule has 2 saturated heterocycles. The summed E-state index contributed by atoms with van der Waals surface area (Å²) in [6.07, 6.45) is 2.87. The predicted octanol–water partition coefficient (Wildman–Crippen LogP) is 2.60. The van der Waals surface area contributed by atoms with Crippen LogP contribution in [0.2, 0.25) is 0 Å². The molecule has 4 rings (SSSR count). The Morgan fingerprint density at radius 2 is 1.93 bits per heavy atom. The zero-order chi connectivity index (χ0) is 17.9. The molecule has 6 heteroatoms. The van der Waals surface area contributed by atoms with Gasteiger partial charge < -0.3 is 10.2 Å². The van der Waals surface area contributed by atoms with Crippen LogP contribution in [0.3, 0.4) is 0 Å². The summed E-state index contributed by atoms with van der Waals surface area (Å²) in [6.45, 7) is 7.99. The lowest BCUT2D eigenvalue weighted by Crippen LogP contribution is -2.49. The van der Waals surface area contributed by atoms with Gasteiger partial charge >= 0.3 is 0 Å². The normalized spacial score (nSPS) is 20.3. The van der Waals surface area contributed by atoms with E-state index in [2.05, 4.69) is 15.2 Å². The average molecular weight is 387 g/mol. The highest BCUT2D eigenvalue weighted by atomic mass is 35.5. The molecule has 0 aliphatic carbocycles. The van der Waals surface area contributed by atoms with Gasteiger partial charge in [0.05, 0.1) is 5.69 Å². The van der Waals surface area contributed by atoms with Crippen LogP contribution in [0.25, 0.3) is 11.3 Å². The molecular weight excluding hydrogens is 360 g/mol. The van der Waals surface area contributed by atoms with Crippen molar-refractivity contribution < 1.29 is 4.79 Å². The Balaban J connectivity index is 0.00000210. The van der Waals surface area contributed by atoms with Gasteiger partial charge in [0.25, 0.3) is 5.91 Å². The summed E-state index contributed by atoms with van der Waals surface area (Å²) in [6, 6.07) is 12.3. The van der Waals surface area contributed by atoms with Crippen molar-refractivity contribution >= 4 is 18.3 Å². The number of aromatic nitrogens is 1. The molecule has 1 aromatic heterocycles. The van der Waals surface area contributed by atoms with Crippen LogP contribution in [0.4, 0.5) is 0 Å². The van der Waals surface area contributed by atoms with E-state index in [9.17, 15) is 4.79 Å². The van der Waals surface area contributed by atoms with Crippen molar-refractivity contribution in [1.82, 2.24) is 20.1 Å². The number of piperazine rings is 1. The maximum Gasteiger partial charge on any atom is 0.254 e. The number of halogens is 1. The number of nitrogens with one attached hydrogen (secondary N) is 1. The van der Waals surface area contributed by atoms with Crippen molar-refractivity contribution in [2.24, 2.45) is 0 Å². The fourth-order valence-electron chi connectivity index (χ4n) is 4.11. The average Bonchev–Trinajstić information content (AvgIpc) is 3.19. The van der Waals surface area contributed by atoms with Gasteiger partial charge in [0.1, 0.15) is 0 Å². The third-order valence-corrected chi connectivity index (χ3v) is 5.62. The third-order valence-electron chi connectivity index (χ3n) is 5.62. The van der Waals surface area contributed by atoms with E-state index in [0.29, 0.717) is 6.04 Å². The largest absolute Gasteiger partial charge is 0.337 e. The number of carbonyl (C=O) groups is 1. The number of amides is 1. The molecule has 27 heavy (non-hydrogen) atoms. The topological polar surface area (TPSA) is 48.5 Å². The molecule has 5 nitrogen and oxygen atoms in total. The summed E-state index contributed by atoms with van der Waals surface area (Å²) in [5.74, 6) is 0.151. The molecule has 144 valence electrons. The molecule has 2 aliphatic heterocycles. The Morgan fingerprint density at radius 3 is 2.67 bits per heavy atom. The van der Waals surface area contributed by atoms with Crippen molar-refractivity contribution in [3.05, 3.63) is 53.7 Å². The van der Waals surface area contributed by atoms with Gasteiger partial charge in [-0.3, -0.25) is 14.7 Å². The van der Waals surface area contributed by atoms with E-state index in [4.69, 9.17) is 0 Å². The quantitative estimate of drug-likeness (QED) is 0.880. The van der Waals surface area contributed by atoms with E-state index in [1.165, 1.54) is 0 Å². The molecule has 1 N–H and O–H groups in total. The van der Waals surface area contributed by atoms with E-state index >= 15 is 0 Å². The number of benzene rings is 1. The van der Waals surface area contributed by atoms with E-state index in [1.54, 1.807) is 6.20 Å². The Morgan fingerprint density at radius 1 is 1.11 bits per heavy atom. The maximum atomic E-state index is 13.2. The van der Waals surface area contributed by atoms with E-state index in [-0.39, 0.29) is 18.3 Å². The van der Waals surface area contributed by atoms with Gasteiger partial charge in [0.2, 0.25) is 0 Å². The Hall–Kier alpha value is -1.95.